The van der Waals surface area contributed by atoms with Crippen molar-refractivity contribution in [3.8, 4) is 0 Å². The Balaban J connectivity index is 0.00000144. The van der Waals surface area contributed by atoms with Crippen LogP contribution in [-0.2, 0) is 0 Å². The zero-order valence-corrected chi connectivity index (χ0v) is 8.26. The van der Waals surface area contributed by atoms with Crippen molar-refractivity contribution in [2.75, 3.05) is 0 Å². The summed E-state index contributed by atoms with van der Waals surface area (Å²) in [5.41, 5.74) is 2.29. The van der Waals surface area contributed by atoms with E-state index in [0.29, 0.717) is 6.04 Å². The van der Waals surface area contributed by atoms with Crippen LogP contribution < -0.4 is 0 Å². The van der Waals surface area contributed by atoms with E-state index in [0.717, 1.165) is 11.5 Å². The topological polar surface area (TPSA) is 15.6 Å². The third kappa shape index (κ3) is 2.44. The molecule has 0 unspecified atom stereocenters. The summed E-state index contributed by atoms with van der Waals surface area (Å²) in [5, 5.41) is 0. The lowest BCUT2D eigenvalue weighted by atomic mass is 10.2. The fourth-order valence-corrected chi connectivity index (χ4v) is 1.16. The molecule has 0 amide bonds. The first-order valence-corrected chi connectivity index (χ1v) is 4.23. The van der Waals surface area contributed by atoms with Gasteiger partial charge in [0, 0.05) is 18.0 Å². The second kappa shape index (κ2) is 4.26. The van der Waals surface area contributed by atoms with E-state index in [1.54, 1.807) is 0 Å². The maximum atomic E-state index is 4.35. The lowest BCUT2D eigenvalue weighted by Crippen LogP contribution is -2.27. The zero-order chi connectivity index (χ0) is 9.30. The van der Waals surface area contributed by atoms with Crippen LogP contribution in [0.15, 0.2) is 29.2 Å². The number of rotatable bonds is 1. The quantitative estimate of drug-likeness (QED) is 0.605. The summed E-state index contributed by atoms with van der Waals surface area (Å²) in [7, 11) is 0. The highest BCUT2D eigenvalue weighted by atomic mass is 15.2. The summed E-state index contributed by atoms with van der Waals surface area (Å²) < 4.78 is 0. The van der Waals surface area contributed by atoms with E-state index in [1.807, 2.05) is 6.92 Å². The van der Waals surface area contributed by atoms with Crippen LogP contribution in [0.2, 0.25) is 0 Å². The molecule has 2 heteroatoms. The van der Waals surface area contributed by atoms with Crippen LogP contribution >= 0.6 is 0 Å². The molecule has 74 valence electrons. The fourth-order valence-electron chi connectivity index (χ4n) is 1.16. The van der Waals surface area contributed by atoms with Gasteiger partial charge >= 0.3 is 0 Å². The molecule has 0 saturated carbocycles. The van der Waals surface area contributed by atoms with Gasteiger partial charge in [0.25, 0.3) is 0 Å². The zero-order valence-electron chi connectivity index (χ0n) is 8.26. The summed E-state index contributed by atoms with van der Waals surface area (Å²) in [6.07, 6.45) is 2.11. The second-order valence-corrected chi connectivity index (χ2v) is 3.43. The van der Waals surface area contributed by atoms with Crippen LogP contribution in [0.3, 0.4) is 0 Å². The first kappa shape index (κ1) is 11.9. The molecule has 0 radical (unpaired) electrons. The summed E-state index contributed by atoms with van der Waals surface area (Å²) in [4.78, 5) is 6.43. The summed E-state index contributed by atoms with van der Waals surface area (Å²) in [6.45, 7) is 12.2. The number of hydrogen-bond donors (Lipinski definition) is 0. The van der Waals surface area contributed by atoms with Crippen molar-refractivity contribution in [3.05, 3.63) is 24.2 Å². The molecule has 0 spiro atoms. The van der Waals surface area contributed by atoms with E-state index >= 15 is 0 Å². The second-order valence-electron chi connectivity index (χ2n) is 3.43. The Kier molecular flexibility index (Phi) is 3.92. The van der Waals surface area contributed by atoms with Crippen molar-refractivity contribution in [2.24, 2.45) is 4.99 Å². The average Bonchev–Trinajstić information content (AvgIpc) is 1.96. The first-order chi connectivity index (χ1) is 5.52. The molecule has 1 aliphatic heterocycles. The van der Waals surface area contributed by atoms with Crippen molar-refractivity contribution in [3.63, 3.8) is 0 Å². The summed E-state index contributed by atoms with van der Waals surface area (Å²) in [5.74, 6) is 0.841. The fraction of sp³-hybridized carbons (Fsp3) is 0.545. The van der Waals surface area contributed by atoms with Crippen LogP contribution in [0, 0.1) is 0 Å². The van der Waals surface area contributed by atoms with Gasteiger partial charge in [-0.05, 0) is 33.3 Å². The van der Waals surface area contributed by atoms with Crippen LogP contribution in [0.25, 0.3) is 0 Å². The van der Waals surface area contributed by atoms with Crippen LogP contribution in [-0.4, -0.2) is 16.7 Å². The molecule has 13 heavy (non-hydrogen) atoms. The van der Waals surface area contributed by atoms with E-state index in [-0.39, 0.29) is 7.43 Å². The van der Waals surface area contributed by atoms with E-state index in [9.17, 15) is 0 Å². The van der Waals surface area contributed by atoms with Gasteiger partial charge in [0.05, 0.1) is 0 Å². The standard InChI is InChI=1S/C10H16N2.CH4/c1-7(2)12-6-8(3)9(4)11-10(12)5;/h6-7H,5H2,1-4H3;1H4. The van der Waals surface area contributed by atoms with Crippen molar-refractivity contribution in [1.29, 1.82) is 0 Å². The molecule has 0 aromatic heterocycles. The Hall–Kier alpha value is -1.05. The van der Waals surface area contributed by atoms with Gasteiger partial charge in [-0.2, -0.15) is 0 Å². The third-order valence-electron chi connectivity index (χ3n) is 2.05. The highest BCUT2D eigenvalue weighted by Gasteiger charge is 2.13. The molecule has 0 saturated heterocycles. The molecule has 1 heterocycles. The van der Waals surface area contributed by atoms with Gasteiger partial charge in [-0.15, -0.1) is 0 Å². The molecular formula is C11H20N2. The predicted molar refractivity (Wildman–Crippen MR) is 59.7 cm³/mol. The van der Waals surface area contributed by atoms with Gasteiger partial charge in [-0.25, -0.2) is 4.99 Å². The maximum absolute atomic E-state index is 4.35. The Morgan fingerprint density at radius 3 is 2.38 bits per heavy atom. The number of allylic oxidation sites excluding steroid dienone is 1. The molecule has 0 aromatic carbocycles. The monoisotopic (exact) mass is 180 g/mol. The van der Waals surface area contributed by atoms with Crippen LogP contribution in [0.4, 0.5) is 0 Å². The minimum absolute atomic E-state index is 0. The lowest BCUT2D eigenvalue weighted by molar-refractivity contribution is 0.377. The first-order valence-electron chi connectivity index (χ1n) is 4.23. The van der Waals surface area contributed by atoms with Crippen molar-refractivity contribution >= 4 is 5.71 Å². The maximum Gasteiger partial charge on any atom is 0.125 e. The summed E-state index contributed by atoms with van der Waals surface area (Å²) >= 11 is 0. The van der Waals surface area contributed by atoms with E-state index in [2.05, 4.69) is 43.4 Å². The molecule has 0 N–H and O–H groups in total. The molecule has 2 nitrogen and oxygen atoms in total. The molecule has 0 aromatic rings. The van der Waals surface area contributed by atoms with Crippen molar-refractivity contribution in [1.82, 2.24) is 4.90 Å². The molecule has 0 fully saturated rings. The molecule has 1 rings (SSSR count). The number of aliphatic imine (C=N–C) groups is 1. The van der Waals surface area contributed by atoms with E-state index < -0.39 is 0 Å². The minimum Gasteiger partial charge on any atom is -0.331 e. The predicted octanol–water partition coefficient (Wildman–Crippen LogP) is 3.18. The van der Waals surface area contributed by atoms with Gasteiger partial charge in [0.2, 0.25) is 0 Å². The molecule has 0 atom stereocenters. The van der Waals surface area contributed by atoms with Gasteiger partial charge in [0.1, 0.15) is 5.82 Å². The molecule has 1 aliphatic rings. The van der Waals surface area contributed by atoms with Gasteiger partial charge in [-0.3, -0.25) is 0 Å². The summed E-state index contributed by atoms with van der Waals surface area (Å²) in [6, 6.07) is 0.435. The van der Waals surface area contributed by atoms with Gasteiger partial charge in [-0.1, -0.05) is 14.0 Å². The van der Waals surface area contributed by atoms with E-state index in [4.69, 9.17) is 0 Å². The Morgan fingerprint density at radius 2 is 1.92 bits per heavy atom. The van der Waals surface area contributed by atoms with Gasteiger partial charge < -0.3 is 4.90 Å². The lowest BCUT2D eigenvalue weighted by Gasteiger charge is -2.28. The normalized spacial score (nSPS) is 16.7. The Labute approximate surface area is 81.7 Å². The van der Waals surface area contributed by atoms with Crippen molar-refractivity contribution in [2.45, 2.75) is 41.2 Å². The minimum atomic E-state index is 0. The van der Waals surface area contributed by atoms with Crippen LogP contribution in [0.5, 0.6) is 0 Å². The highest BCUT2D eigenvalue weighted by molar-refractivity contribution is 5.98. The average molecular weight is 180 g/mol. The molecule has 0 bridgehead atoms. The third-order valence-corrected chi connectivity index (χ3v) is 2.05. The van der Waals surface area contributed by atoms with Crippen molar-refractivity contribution < 1.29 is 0 Å². The Bertz CT molecular complexity index is 259. The largest absolute Gasteiger partial charge is 0.331 e. The molecule has 0 aliphatic carbocycles. The number of nitrogens with zero attached hydrogens (tertiary/aromatic N) is 2. The van der Waals surface area contributed by atoms with E-state index in [1.165, 1.54) is 5.57 Å². The SMILES string of the molecule is C.C=C1N=C(C)C(C)=CN1C(C)C. The van der Waals surface area contributed by atoms with Gasteiger partial charge in [0.15, 0.2) is 0 Å². The highest BCUT2D eigenvalue weighted by Crippen LogP contribution is 2.18. The molecular weight excluding hydrogens is 160 g/mol. The number of hydrogen-bond acceptors (Lipinski definition) is 2. The smallest absolute Gasteiger partial charge is 0.125 e. The Morgan fingerprint density at radius 1 is 1.38 bits per heavy atom. The van der Waals surface area contributed by atoms with Crippen LogP contribution in [0.1, 0.15) is 35.1 Å².